The molecule has 2 atom stereocenters. The second kappa shape index (κ2) is 4.82. The van der Waals surface area contributed by atoms with Gasteiger partial charge in [0.15, 0.2) is 0 Å². The molecule has 0 aliphatic heterocycles. The molecule has 0 radical (unpaired) electrons. The SMILES string of the molecule is Cc1c(C=O)cccc1C1CCCCC1C. The van der Waals surface area contributed by atoms with Crippen LogP contribution in [0.2, 0.25) is 0 Å². The van der Waals surface area contributed by atoms with Gasteiger partial charge in [0.05, 0.1) is 0 Å². The van der Waals surface area contributed by atoms with Crippen molar-refractivity contribution in [2.45, 2.75) is 45.4 Å². The van der Waals surface area contributed by atoms with Crippen molar-refractivity contribution in [3.63, 3.8) is 0 Å². The Morgan fingerprint density at radius 2 is 2.00 bits per heavy atom. The number of hydrogen-bond donors (Lipinski definition) is 0. The molecule has 0 saturated heterocycles. The minimum Gasteiger partial charge on any atom is -0.298 e. The average Bonchev–Trinajstić information content (AvgIpc) is 2.31. The van der Waals surface area contributed by atoms with Gasteiger partial charge in [-0.1, -0.05) is 44.4 Å². The van der Waals surface area contributed by atoms with Crippen LogP contribution in [0, 0.1) is 12.8 Å². The first-order valence-electron chi connectivity index (χ1n) is 6.28. The van der Waals surface area contributed by atoms with E-state index in [-0.39, 0.29) is 0 Å². The molecule has 1 aromatic rings. The number of rotatable bonds is 2. The maximum atomic E-state index is 10.9. The topological polar surface area (TPSA) is 17.1 Å². The van der Waals surface area contributed by atoms with Gasteiger partial charge >= 0.3 is 0 Å². The van der Waals surface area contributed by atoms with E-state index in [1.165, 1.54) is 36.8 Å². The molecule has 86 valence electrons. The van der Waals surface area contributed by atoms with Crippen molar-refractivity contribution in [2.75, 3.05) is 0 Å². The van der Waals surface area contributed by atoms with Crippen LogP contribution in [-0.4, -0.2) is 6.29 Å². The monoisotopic (exact) mass is 216 g/mol. The minimum absolute atomic E-state index is 0.661. The van der Waals surface area contributed by atoms with E-state index in [0.717, 1.165) is 17.8 Å². The molecule has 2 unspecified atom stereocenters. The lowest BCUT2D eigenvalue weighted by atomic mass is 9.75. The minimum atomic E-state index is 0.661. The molecule has 1 heteroatoms. The summed E-state index contributed by atoms with van der Waals surface area (Å²) in [7, 11) is 0. The summed E-state index contributed by atoms with van der Waals surface area (Å²) in [5, 5.41) is 0. The van der Waals surface area contributed by atoms with Gasteiger partial charge in [0, 0.05) is 5.56 Å². The van der Waals surface area contributed by atoms with Crippen molar-refractivity contribution in [3.05, 3.63) is 34.9 Å². The Morgan fingerprint density at radius 1 is 1.25 bits per heavy atom. The van der Waals surface area contributed by atoms with E-state index in [4.69, 9.17) is 0 Å². The van der Waals surface area contributed by atoms with Gasteiger partial charge in [-0.15, -0.1) is 0 Å². The van der Waals surface area contributed by atoms with Gasteiger partial charge < -0.3 is 0 Å². The Morgan fingerprint density at radius 3 is 2.69 bits per heavy atom. The van der Waals surface area contributed by atoms with Gasteiger partial charge in [0.1, 0.15) is 6.29 Å². The van der Waals surface area contributed by atoms with Crippen molar-refractivity contribution < 1.29 is 4.79 Å². The molecule has 2 rings (SSSR count). The van der Waals surface area contributed by atoms with E-state index in [2.05, 4.69) is 19.9 Å². The molecule has 0 bridgehead atoms. The van der Waals surface area contributed by atoms with Crippen LogP contribution in [0.5, 0.6) is 0 Å². The first-order chi connectivity index (χ1) is 7.74. The van der Waals surface area contributed by atoms with Crippen molar-refractivity contribution in [3.8, 4) is 0 Å². The standard InChI is InChI=1S/C15H20O/c1-11-6-3-4-8-14(11)15-9-5-7-13(10-16)12(15)2/h5,7,9-11,14H,3-4,6,8H2,1-2H3. The van der Waals surface area contributed by atoms with Gasteiger partial charge in [-0.25, -0.2) is 0 Å². The molecule has 1 saturated carbocycles. The highest BCUT2D eigenvalue weighted by molar-refractivity contribution is 5.77. The van der Waals surface area contributed by atoms with Gasteiger partial charge in [-0.05, 0) is 36.3 Å². The number of hydrogen-bond acceptors (Lipinski definition) is 1. The van der Waals surface area contributed by atoms with Crippen LogP contribution in [-0.2, 0) is 0 Å². The van der Waals surface area contributed by atoms with Crippen molar-refractivity contribution in [2.24, 2.45) is 5.92 Å². The fourth-order valence-electron chi connectivity index (χ4n) is 2.98. The summed E-state index contributed by atoms with van der Waals surface area (Å²) in [6.07, 6.45) is 6.29. The molecule has 1 nitrogen and oxygen atoms in total. The van der Waals surface area contributed by atoms with E-state index in [1.54, 1.807) is 0 Å². The normalized spacial score (nSPS) is 25.4. The fraction of sp³-hybridized carbons (Fsp3) is 0.533. The van der Waals surface area contributed by atoms with Gasteiger partial charge in [-0.2, -0.15) is 0 Å². The lowest BCUT2D eigenvalue weighted by molar-refractivity contribution is 0.112. The molecule has 1 fully saturated rings. The summed E-state index contributed by atoms with van der Waals surface area (Å²) in [5.74, 6) is 1.42. The van der Waals surface area contributed by atoms with Crippen molar-refractivity contribution in [1.82, 2.24) is 0 Å². The van der Waals surface area contributed by atoms with Crippen LogP contribution >= 0.6 is 0 Å². The first kappa shape index (κ1) is 11.4. The third-order valence-electron chi connectivity index (χ3n) is 4.06. The number of aldehydes is 1. The number of benzene rings is 1. The third-order valence-corrected chi connectivity index (χ3v) is 4.06. The van der Waals surface area contributed by atoms with Crippen molar-refractivity contribution >= 4 is 6.29 Å². The van der Waals surface area contributed by atoms with Crippen LogP contribution < -0.4 is 0 Å². The Hall–Kier alpha value is -1.11. The Balaban J connectivity index is 2.35. The second-order valence-corrected chi connectivity index (χ2v) is 5.05. The predicted octanol–water partition coefficient (Wildman–Crippen LogP) is 4.10. The summed E-state index contributed by atoms with van der Waals surface area (Å²) in [4.78, 5) is 10.9. The molecule has 0 N–H and O–H groups in total. The zero-order valence-electron chi connectivity index (χ0n) is 10.2. The summed E-state index contributed by atoms with van der Waals surface area (Å²) in [6.45, 7) is 4.43. The Bertz CT molecular complexity index is 381. The number of carbonyl (C=O) groups excluding carboxylic acids is 1. The lowest BCUT2D eigenvalue weighted by Gasteiger charge is -2.30. The second-order valence-electron chi connectivity index (χ2n) is 5.05. The maximum Gasteiger partial charge on any atom is 0.150 e. The van der Waals surface area contributed by atoms with E-state index < -0.39 is 0 Å². The molecule has 0 heterocycles. The summed E-state index contributed by atoms with van der Waals surface area (Å²) in [6, 6.07) is 6.14. The Kier molecular flexibility index (Phi) is 3.42. The quantitative estimate of drug-likeness (QED) is 0.680. The smallest absolute Gasteiger partial charge is 0.150 e. The van der Waals surface area contributed by atoms with Gasteiger partial charge in [0.2, 0.25) is 0 Å². The zero-order valence-corrected chi connectivity index (χ0v) is 10.2. The average molecular weight is 216 g/mol. The predicted molar refractivity (Wildman–Crippen MR) is 66.9 cm³/mol. The molecule has 1 aliphatic rings. The van der Waals surface area contributed by atoms with Gasteiger partial charge in [-0.3, -0.25) is 4.79 Å². The molecular weight excluding hydrogens is 196 g/mol. The largest absolute Gasteiger partial charge is 0.298 e. The van der Waals surface area contributed by atoms with E-state index in [1.807, 2.05) is 12.1 Å². The molecule has 0 aromatic heterocycles. The van der Waals surface area contributed by atoms with E-state index in [0.29, 0.717) is 5.92 Å². The van der Waals surface area contributed by atoms with Crippen LogP contribution in [0.3, 0.4) is 0 Å². The first-order valence-corrected chi connectivity index (χ1v) is 6.28. The van der Waals surface area contributed by atoms with E-state index in [9.17, 15) is 4.79 Å². The van der Waals surface area contributed by atoms with Crippen LogP contribution in [0.1, 0.15) is 60.0 Å². The zero-order chi connectivity index (χ0) is 11.5. The molecule has 0 spiro atoms. The van der Waals surface area contributed by atoms with E-state index >= 15 is 0 Å². The summed E-state index contributed by atoms with van der Waals surface area (Å²) < 4.78 is 0. The highest BCUT2D eigenvalue weighted by atomic mass is 16.1. The molecule has 1 aliphatic carbocycles. The number of carbonyl (C=O) groups is 1. The maximum absolute atomic E-state index is 10.9. The highest BCUT2D eigenvalue weighted by Gasteiger charge is 2.24. The van der Waals surface area contributed by atoms with Crippen LogP contribution in [0.25, 0.3) is 0 Å². The summed E-state index contributed by atoms with van der Waals surface area (Å²) >= 11 is 0. The summed E-state index contributed by atoms with van der Waals surface area (Å²) in [5.41, 5.74) is 3.45. The molecule has 1 aromatic carbocycles. The molecular formula is C15H20O. The lowest BCUT2D eigenvalue weighted by Crippen LogP contribution is -2.16. The van der Waals surface area contributed by atoms with Crippen molar-refractivity contribution in [1.29, 1.82) is 0 Å². The fourth-order valence-corrected chi connectivity index (χ4v) is 2.98. The third kappa shape index (κ3) is 2.04. The highest BCUT2D eigenvalue weighted by Crippen LogP contribution is 2.39. The van der Waals surface area contributed by atoms with Crippen LogP contribution in [0.4, 0.5) is 0 Å². The van der Waals surface area contributed by atoms with Gasteiger partial charge in [0.25, 0.3) is 0 Å². The Labute approximate surface area is 97.9 Å². The molecule has 0 amide bonds. The van der Waals surface area contributed by atoms with Crippen LogP contribution in [0.15, 0.2) is 18.2 Å². The molecule has 16 heavy (non-hydrogen) atoms.